The summed E-state index contributed by atoms with van der Waals surface area (Å²) in [5.74, 6) is 0.560. The molecule has 3 aromatic rings. The van der Waals surface area contributed by atoms with E-state index in [4.69, 9.17) is 4.74 Å². The van der Waals surface area contributed by atoms with Gasteiger partial charge < -0.3 is 14.7 Å². The Morgan fingerprint density at radius 2 is 2.11 bits per heavy atom. The van der Waals surface area contributed by atoms with E-state index in [9.17, 15) is 4.79 Å². The van der Waals surface area contributed by atoms with Gasteiger partial charge in [-0.05, 0) is 6.07 Å². The van der Waals surface area contributed by atoms with E-state index in [1.54, 1.807) is 7.11 Å². The minimum Gasteiger partial charge on any atom is -0.494 e. The van der Waals surface area contributed by atoms with E-state index < -0.39 is 0 Å². The second-order valence-electron chi connectivity index (χ2n) is 4.03. The van der Waals surface area contributed by atoms with Crippen LogP contribution in [0.25, 0.3) is 22.2 Å². The molecule has 0 fully saturated rings. The zero-order valence-electron chi connectivity index (χ0n) is 9.86. The smallest absolute Gasteiger partial charge is 0.170 e. The molecule has 0 aliphatic rings. The number of carbonyl (C=O) groups is 1. The molecule has 0 unspecified atom stereocenters. The molecule has 4 nitrogen and oxygen atoms in total. The van der Waals surface area contributed by atoms with E-state index in [1.807, 2.05) is 36.5 Å². The number of fused-ring (bicyclic) bond motifs is 1. The maximum Gasteiger partial charge on any atom is 0.170 e. The van der Waals surface area contributed by atoms with Gasteiger partial charge in [0, 0.05) is 28.7 Å². The molecular formula is C14H12N2O2. The van der Waals surface area contributed by atoms with Crippen LogP contribution in [0.5, 0.6) is 5.75 Å². The molecule has 0 aliphatic heterocycles. The number of carbonyl (C=O) groups excluding carboxylic acids is 1. The summed E-state index contributed by atoms with van der Waals surface area (Å²) in [4.78, 5) is 17.2. The van der Waals surface area contributed by atoms with E-state index in [0.717, 1.165) is 28.4 Å². The van der Waals surface area contributed by atoms with Gasteiger partial charge in [0.2, 0.25) is 0 Å². The molecule has 3 rings (SSSR count). The van der Waals surface area contributed by atoms with Gasteiger partial charge in [-0.25, -0.2) is 0 Å². The summed E-state index contributed by atoms with van der Waals surface area (Å²) in [5.41, 5.74) is 3.41. The molecule has 2 aromatic heterocycles. The third kappa shape index (κ3) is 1.50. The number of methoxy groups -OCH3 is 1. The van der Waals surface area contributed by atoms with Crippen molar-refractivity contribution in [3.05, 3.63) is 42.2 Å². The zero-order valence-corrected chi connectivity index (χ0v) is 9.86. The van der Waals surface area contributed by atoms with Gasteiger partial charge in [0.25, 0.3) is 0 Å². The third-order valence-corrected chi connectivity index (χ3v) is 3.03. The van der Waals surface area contributed by atoms with E-state index >= 15 is 0 Å². The zero-order chi connectivity index (χ0) is 12.5. The summed E-state index contributed by atoms with van der Waals surface area (Å²) in [7, 11) is 1.55. The van der Waals surface area contributed by atoms with Gasteiger partial charge >= 0.3 is 0 Å². The Balaban J connectivity index is 2.20. The summed E-state index contributed by atoms with van der Waals surface area (Å²) in [5, 5.41) is 1.11. The number of benzene rings is 1. The maximum atomic E-state index is 10.9. The minimum absolute atomic E-state index is 0.456. The Morgan fingerprint density at radius 1 is 1.28 bits per heavy atom. The first-order valence-electron chi connectivity index (χ1n) is 5.62. The van der Waals surface area contributed by atoms with Crippen LogP contribution in [0.4, 0.5) is 0 Å². The third-order valence-electron chi connectivity index (χ3n) is 3.03. The van der Waals surface area contributed by atoms with Crippen molar-refractivity contribution in [3.8, 4) is 17.0 Å². The number of nitrogens with one attached hydrogen (secondary N) is 2. The van der Waals surface area contributed by atoms with Gasteiger partial charge in [-0.3, -0.25) is 4.79 Å². The number of hydrogen-bond donors (Lipinski definition) is 2. The lowest BCUT2D eigenvalue weighted by Crippen LogP contribution is -1.86. The molecule has 90 valence electrons. The first-order valence-corrected chi connectivity index (χ1v) is 5.62. The number of aromatic amines is 2. The lowest BCUT2D eigenvalue weighted by Gasteiger charge is -1.94. The highest BCUT2D eigenvalue weighted by Crippen LogP contribution is 2.31. The highest BCUT2D eigenvalue weighted by atomic mass is 16.5. The van der Waals surface area contributed by atoms with Crippen LogP contribution < -0.4 is 4.74 Å². The van der Waals surface area contributed by atoms with E-state index in [-0.39, 0.29) is 0 Å². The van der Waals surface area contributed by atoms with Gasteiger partial charge in [0.05, 0.1) is 12.8 Å². The van der Waals surface area contributed by atoms with Crippen molar-refractivity contribution in [2.75, 3.05) is 7.11 Å². The molecule has 4 heteroatoms. The van der Waals surface area contributed by atoms with Crippen molar-refractivity contribution in [2.45, 2.75) is 0 Å². The lowest BCUT2D eigenvalue weighted by atomic mass is 10.1. The molecule has 0 atom stereocenters. The molecular weight excluding hydrogens is 228 g/mol. The average molecular weight is 240 g/mol. The van der Waals surface area contributed by atoms with Gasteiger partial charge in [0.15, 0.2) is 6.29 Å². The van der Waals surface area contributed by atoms with Crippen molar-refractivity contribution in [2.24, 2.45) is 0 Å². The number of aromatic nitrogens is 2. The Kier molecular flexibility index (Phi) is 2.41. The molecule has 0 amide bonds. The van der Waals surface area contributed by atoms with Gasteiger partial charge in [-0.2, -0.15) is 0 Å². The van der Waals surface area contributed by atoms with Crippen LogP contribution in [0.15, 0.2) is 36.5 Å². The molecule has 0 saturated heterocycles. The summed E-state index contributed by atoms with van der Waals surface area (Å²) >= 11 is 0. The topological polar surface area (TPSA) is 57.9 Å². The fraction of sp³-hybridized carbons (Fsp3) is 0.0714. The number of hydrogen-bond acceptors (Lipinski definition) is 2. The Labute approximate surface area is 104 Å². The number of H-pyrrole nitrogens is 2. The van der Waals surface area contributed by atoms with Crippen molar-refractivity contribution >= 4 is 17.2 Å². The second-order valence-corrected chi connectivity index (χ2v) is 4.03. The predicted molar refractivity (Wildman–Crippen MR) is 70.0 cm³/mol. The first kappa shape index (κ1) is 10.7. The van der Waals surface area contributed by atoms with Crippen molar-refractivity contribution < 1.29 is 9.53 Å². The minimum atomic E-state index is 0.456. The Hall–Kier alpha value is -2.49. The average Bonchev–Trinajstić information content (AvgIpc) is 3.01. The SMILES string of the molecule is COc1cc(-c2c[nH]c3ccccc23)[nH]c1C=O. The maximum absolute atomic E-state index is 10.9. The summed E-state index contributed by atoms with van der Waals surface area (Å²) in [6, 6.07) is 9.85. The van der Waals surface area contributed by atoms with E-state index in [2.05, 4.69) is 9.97 Å². The van der Waals surface area contributed by atoms with E-state index in [1.165, 1.54) is 0 Å². The van der Waals surface area contributed by atoms with Gasteiger partial charge in [0.1, 0.15) is 11.4 Å². The fourth-order valence-electron chi connectivity index (χ4n) is 2.15. The van der Waals surface area contributed by atoms with Gasteiger partial charge in [-0.1, -0.05) is 18.2 Å². The summed E-state index contributed by atoms with van der Waals surface area (Å²) in [6.07, 6.45) is 2.68. The van der Waals surface area contributed by atoms with Crippen LogP contribution in [0, 0.1) is 0 Å². The Bertz CT molecular complexity index is 709. The number of aldehydes is 1. The van der Waals surface area contributed by atoms with Crippen LogP contribution in [0.1, 0.15) is 10.5 Å². The van der Waals surface area contributed by atoms with Crippen molar-refractivity contribution in [3.63, 3.8) is 0 Å². The summed E-state index contributed by atoms with van der Waals surface area (Å²) in [6.45, 7) is 0. The molecule has 18 heavy (non-hydrogen) atoms. The first-order chi connectivity index (χ1) is 8.83. The highest BCUT2D eigenvalue weighted by molar-refractivity contribution is 5.95. The quantitative estimate of drug-likeness (QED) is 0.691. The normalized spacial score (nSPS) is 10.7. The van der Waals surface area contributed by atoms with Crippen LogP contribution in [0.2, 0.25) is 0 Å². The number of para-hydroxylation sites is 1. The van der Waals surface area contributed by atoms with Crippen LogP contribution >= 0.6 is 0 Å². The number of ether oxygens (including phenoxy) is 1. The molecule has 0 bridgehead atoms. The van der Waals surface area contributed by atoms with Crippen molar-refractivity contribution in [1.82, 2.24) is 9.97 Å². The molecule has 2 N–H and O–H groups in total. The van der Waals surface area contributed by atoms with Crippen LogP contribution in [-0.4, -0.2) is 23.4 Å². The Morgan fingerprint density at radius 3 is 2.83 bits per heavy atom. The molecule has 1 aromatic carbocycles. The monoisotopic (exact) mass is 240 g/mol. The molecule has 0 aliphatic carbocycles. The predicted octanol–water partition coefficient (Wildman–Crippen LogP) is 2.98. The van der Waals surface area contributed by atoms with E-state index in [0.29, 0.717) is 11.4 Å². The van der Waals surface area contributed by atoms with Crippen molar-refractivity contribution in [1.29, 1.82) is 0 Å². The molecule has 0 radical (unpaired) electrons. The standard InChI is InChI=1S/C14H12N2O2/c1-18-14-6-12(16-13(14)8-17)10-7-15-11-5-3-2-4-9(10)11/h2-8,15-16H,1H3. The molecule has 0 spiro atoms. The molecule has 0 saturated carbocycles. The molecule has 2 heterocycles. The number of rotatable bonds is 3. The highest BCUT2D eigenvalue weighted by Gasteiger charge is 2.12. The van der Waals surface area contributed by atoms with Gasteiger partial charge in [-0.15, -0.1) is 0 Å². The largest absolute Gasteiger partial charge is 0.494 e. The fourth-order valence-corrected chi connectivity index (χ4v) is 2.15. The second kappa shape index (κ2) is 4.07. The van der Waals surface area contributed by atoms with Crippen LogP contribution in [-0.2, 0) is 0 Å². The van der Waals surface area contributed by atoms with Crippen LogP contribution in [0.3, 0.4) is 0 Å². The lowest BCUT2D eigenvalue weighted by molar-refractivity contribution is 0.111. The summed E-state index contributed by atoms with van der Waals surface area (Å²) < 4.78 is 5.15.